The third-order valence-corrected chi connectivity index (χ3v) is 6.44. The maximum absolute atomic E-state index is 13.4. The summed E-state index contributed by atoms with van der Waals surface area (Å²) in [6.07, 6.45) is 1.22. The van der Waals surface area contributed by atoms with Crippen molar-refractivity contribution in [2.24, 2.45) is 5.41 Å². The van der Waals surface area contributed by atoms with Gasteiger partial charge in [0.25, 0.3) is 0 Å². The van der Waals surface area contributed by atoms with E-state index in [0.29, 0.717) is 25.1 Å². The second-order valence-electron chi connectivity index (χ2n) is 8.49. The number of carbonyl (C=O) groups excluding carboxylic acids is 2. The zero-order chi connectivity index (χ0) is 21.3. The number of fused-ring (bicyclic) bond motifs is 1. The maximum Gasteiger partial charge on any atom is 0.322 e. The van der Waals surface area contributed by atoms with Crippen LogP contribution in [0.4, 0.5) is 16.2 Å². The molecule has 30 heavy (non-hydrogen) atoms. The van der Waals surface area contributed by atoms with Crippen molar-refractivity contribution in [2.75, 3.05) is 30.5 Å². The van der Waals surface area contributed by atoms with Gasteiger partial charge < -0.3 is 15.4 Å². The summed E-state index contributed by atoms with van der Waals surface area (Å²) in [6, 6.07) is 11.0. The van der Waals surface area contributed by atoms with Crippen molar-refractivity contribution in [3.8, 4) is 0 Å². The predicted molar refractivity (Wildman–Crippen MR) is 120 cm³/mol. The predicted octanol–water partition coefficient (Wildman–Crippen LogP) is 4.72. The molecule has 6 nitrogen and oxygen atoms in total. The molecule has 0 radical (unpaired) electrons. The molecular formula is C23H27N3O3S. The van der Waals surface area contributed by atoms with Crippen LogP contribution >= 0.6 is 11.3 Å². The van der Waals surface area contributed by atoms with Crippen LogP contribution in [-0.4, -0.2) is 32.1 Å². The first-order valence-corrected chi connectivity index (χ1v) is 11.0. The number of anilines is 2. The van der Waals surface area contributed by atoms with Crippen molar-refractivity contribution >= 4 is 34.5 Å². The number of nitrogens with one attached hydrogen (secondary N) is 2. The van der Waals surface area contributed by atoms with E-state index >= 15 is 0 Å². The minimum atomic E-state index is -0.470. The number of nitrogens with zero attached hydrogens (tertiary/aromatic N) is 1. The zero-order valence-corrected chi connectivity index (χ0v) is 18.3. The van der Waals surface area contributed by atoms with E-state index in [-0.39, 0.29) is 17.2 Å². The van der Waals surface area contributed by atoms with Crippen LogP contribution < -0.4 is 15.5 Å². The van der Waals surface area contributed by atoms with Gasteiger partial charge in [0, 0.05) is 36.2 Å². The Bertz CT molecular complexity index is 981. The molecule has 0 fully saturated rings. The molecule has 0 unspecified atom stereocenters. The number of hydrogen-bond donors (Lipinski definition) is 2. The summed E-state index contributed by atoms with van der Waals surface area (Å²) >= 11 is 1.56. The molecule has 2 amide bonds. The molecular weight excluding hydrogens is 398 g/mol. The number of allylic oxidation sites excluding steroid dienone is 1. The molecule has 2 aliphatic rings. The first-order chi connectivity index (χ1) is 14.4. The lowest BCUT2D eigenvalue weighted by molar-refractivity contribution is -0.118. The van der Waals surface area contributed by atoms with E-state index in [1.54, 1.807) is 23.3 Å². The summed E-state index contributed by atoms with van der Waals surface area (Å²) < 4.78 is 5.09. The van der Waals surface area contributed by atoms with Gasteiger partial charge >= 0.3 is 6.03 Å². The van der Waals surface area contributed by atoms with Gasteiger partial charge in [0.2, 0.25) is 0 Å². The fourth-order valence-corrected chi connectivity index (χ4v) is 5.10. The molecule has 2 aromatic rings. The fourth-order valence-electron chi connectivity index (χ4n) is 4.27. The summed E-state index contributed by atoms with van der Waals surface area (Å²) in [5.74, 6) is 0.0923. The number of thiophene rings is 1. The van der Waals surface area contributed by atoms with Crippen molar-refractivity contribution in [3.63, 3.8) is 0 Å². The first-order valence-electron chi connectivity index (χ1n) is 10.1. The van der Waals surface area contributed by atoms with E-state index in [4.69, 9.17) is 4.74 Å². The van der Waals surface area contributed by atoms with Crippen LogP contribution in [0.3, 0.4) is 0 Å². The van der Waals surface area contributed by atoms with Crippen molar-refractivity contribution in [1.82, 2.24) is 5.32 Å². The number of urea groups is 1. The average molecular weight is 426 g/mol. The highest BCUT2D eigenvalue weighted by atomic mass is 32.1. The molecule has 7 heteroatoms. The lowest BCUT2D eigenvalue weighted by Crippen LogP contribution is -2.45. The van der Waals surface area contributed by atoms with E-state index in [9.17, 15) is 9.59 Å². The van der Waals surface area contributed by atoms with E-state index < -0.39 is 6.04 Å². The molecule has 2 heterocycles. The Hall–Kier alpha value is -2.64. The topological polar surface area (TPSA) is 70.7 Å². The van der Waals surface area contributed by atoms with Crippen molar-refractivity contribution in [1.29, 1.82) is 0 Å². The minimum absolute atomic E-state index is 0.0923. The number of methoxy groups -OCH3 is 1. The van der Waals surface area contributed by atoms with Crippen molar-refractivity contribution in [3.05, 3.63) is 57.9 Å². The van der Waals surface area contributed by atoms with Gasteiger partial charge in [-0.2, -0.15) is 0 Å². The molecule has 1 aromatic carbocycles. The van der Waals surface area contributed by atoms with Crippen LogP contribution in [0.5, 0.6) is 0 Å². The Kier molecular flexibility index (Phi) is 5.66. The molecule has 1 aliphatic carbocycles. The third-order valence-electron chi connectivity index (χ3n) is 5.51. The molecule has 1 atom stereocenters. The van der Waals surface area contributed by atoms with E-state index in [1.807, 2.05) is 41.8 Å². The summed E-state index contributed by atoms with van der Waals surface area (Å²) in [5.41, 5.74) is 3.06. The smallest absolute Gasteiger partial charge is 0.322 e. The molecule has 0 spiro atoms. The number of amides is 2. The van der Waals surface area contributed by atoms with Crippen LogP contribution in [0.15, 0.2) is 53.0 Å². The van der Waals surface area contributed by atoms with Crippen LogP contribution in [0.1, 0.15) is 37.6 Å². The van der Waals surface area contributed by atoms with Crippen LogP contribution in [0.25, 0.3) is 0 Å². The Morgan fingerprint density at radius 2 is 2.07 bits per heavy atom. The van der Waals surface area contributed by atoms with Gasteiger partial charge in [-0.1, -0.05) is 32.0 Å². The lowest BCUT2D eigenvalue weighted by atomic mass is 9.74. The van der Waals surface area contributed by atoms with Gasteiger partial charge in [-0.15, -0.1) is 11.3 Å². The maximum atomic E-state index is 13.4. The number of benzene rings is 1. The standard InChI is InChI=1S/C23H27N3O3S/c1-23(2)13-16-20(18(27)14-23)21(19-9-6-12-30-19)26(22(28)24-10-11-29-3)17-8-5-4-7-15(17)25-16/h4-9,12,21,25H,10-11,13-14H2,1-3H3,(H,24,28)/t21-/m0/s1. The van der Waals surface area contributed by atoms with Gasteiger partial charge in [0.15, 0.2) is 5.78 Å². The normalized spacial score (nSPS) is 20.2. The molecule has 4 rings (SSSR count). The lowest BCUT2D eigenvalue weighted by Gasteiger charge is -2.36. The molecule has 0 saturated heterocycles. The van der Waals surface area contributed by atoms with Crippen LogP contribution in [0, 0.1) is 5.41 Å². The Labute approximate surface area is 180 Å². The number of ether oxygens (including phenoxy) is 1. The van der Waals surface area contributed by atoms with Gasteiger partial charge in [0.05, 0.1) is 18.0 Å². The Morgan fingerprint density at radius 3 is 2.80 bits per heavy atom. The van der Waals surface area contributed by atoms with Crippen molar-refractivity contribution in [2.45, 2.75) is 32.7 Å². The fraction of sp³-hybridized carbons (Fsp3) is 0.391. The minimum Gasteiger partial charge on any atom is -0.383 e. The van der Waals surface area contributed by atoms with E-state index in [1.165, 1.54) is 0 Å². The summed E-state index contributed by atoms with van der Waals surface area (Å²) in [5, 5.41) is 8.44. The molecule has 1 aromatic heterocycles. The molecule has 158 valence electrons. The number of para-hydroxylation sites is 2. The van der Waals surface area contributed by atoms with Gasteiger partial charge in [-0.25, -0.2) is 4.79 Å². The number of hydrogen-bond acceptors (Lipinski definition) is 5. The van der Waals surface area contributed by atoms with Gasteiger partial charge in [-0.3, -0.25) is 9.69 Å². The van der Waals surface area contributed by atoms with E-state index in [0.717, 1.165) is 28.4 Å². The molecule has 0 bridgehead atoms. The first kappa shape index (κ1) is 20.6. The van der Waals surface area contributed by atoms with Crippen LogP contribution in [-0.2, 0) is 9.53 Å². The van der Waals surface area contributed by atoms with Crippen LogP contribution in [0.2, 0.25) is 0 Å². The largest absolute Gasteiger partial charge is 0.383 e. The van der Waals surface area contributed by atoms with E-state index in [2.05, 4.69) is 24.5 Å². The molecule has 0 saturated carbocycles. The Morgan fingerprint density at radius 1 is 1.27 bits per heavy atom. The zero-order valence-electron chi connectivity index (χ0n) is 17.5. The summed E-state index contributed by atoms with van der Waals surface area (Å²) in [4.78, 5) is 29.5. The highest BCUT2D eigenvalue weighted by molar-refractivity contribution is 7.10. The van der Waals surface area contributed by atoms with Gasteiger partial charge in [-0.05, 0) is 35.4 Å². The third kappa shape index (κ3) is 3.87. The average Bonchev–Trinajstić information content (AvgIpc) is 3.17. The quantitative estimate of drug-likeness (QED) is 0.696. The summed E-state index contributed by atoms with van der Waals surface area (Å²) in [6.45, 7) is 5.04. The van der Waals surface area contributed by atoms with Crippen molar-refractivity contribution < 1.29 is 14.3 Å². The second-order valence-corrected chi connectivity index (χ2v) is 9.47. The number of ketones is 1. The number of carbonyl (C=O) groups is 2. The monoisotopic (exact) mass is 425 g/mol. The molecule has 2 N–H and O–H groups in total. The Balaban J connectivity index is 1.89. The molecule has 1 aliphatic heterocycles. The van der Waals surface area contributed by atoms with Gasteiger partial charge in [0.1, 0.15) is 6.04 Å². The highest BCUT2D eigenvalue weighted by Gasteiger charge is 2.43. The SMILES string of the molecule is COCCNC(=O)N1c2ccccc2NC2=C(C(=O)CC(C)(C)C2)[C@@H]1c1cccs1. The second kappa shape index (κ2) is 8.24. The number of rotatable bonds is 4. The highest BCUT2D eigenvalue weighted by Crippen LogP contribution is 2.48. The summed E-state index contributed by atoms with van der Waals surface area (Å²) in [7, 11) is 1.60. The number of Topliss-reactive ketones (excluding diaryl/α,β-unsaturated/α-hetero) is 1.